The Morgan fingerprint density at radius 1 is 1.33 bits per heavy atom. The zero-order chi connectivity index (χ0) is 21.3. The minimum Gasteiger partial charge on any atom is -0.371 e. The SMILES string of the molecule is Cc1cc(NC(=O)CN2CCOC(c3ccc(Br)cc3)C2)n(C2CCS(=O)(=O)C2)n1. The van der Waals surface area contributed by atoms with Gasteiger partial charge in [0.25, 0.3) is 0 Å². The highest BCUT2D eigenvalue weighted by molar-refractivity contribution is 9.10. The Bertz CT molecular complexity index is 1020. The second-order valence-corrected chi connectivity index (χ2v) is 11.0. The Morgan fingerprint density at radius 2 is 2.10 bits per heavy atom. The number of morpholine rings is 1. The molecule has 2 aromatic rings. The zero-order valence-electron chi connectivity index (χ0n) is 16.8. The van der Waals surface area contributed by atoms with Crippen LogP contribution >= 0.6 is 15.9 Å². The van der Waals surface area contributed by atoms with Crippen molar-refractivity contribution in [3.8, 4) is 0 Å². The maximum absolute atomic E-state index is 12.7. The Balaban J connectivity index is 1.38. The number of hydrogen-bond donors (Lipinski definition) is 1. The number of halogens is 1. The van der Waals surface area contributed by atoms with E-state index in [1.807, 2.05) is 31.2 Å². The van der Waals surface area contributed by atoms with Crippen molar-refractivity contribution >= 4 is 37.5 Å². The van der Waals surface area contributed by atoms with Crippen LogP contribution in [0.2, 0.25) is 0 Å². The highest BCUT2D eigenvalue weighted by atomic mass is 79.9. The molecule has 0 saturated carbocycles. The van der Waals surface area contributed by atoms with Gasteiger partial charge in [0.1, 0.15) is 5.82 Å². The van der Waals surface area contributed by atoms with E-state index in [0.29, 0.717) is 31.9 Å². The lowest BCUT2D eigenvalue weighted by Gasteiger charge is -2.32. The maximum Gasteiger partial charge on any atom is 0.239 e. The van der Waals surface area contributed by atoms with Crippen LogP contribution in [0.25, 0.3) is 0 Å². The number of nitrogens with one attached hydrogen (secondary N) is 1. The van der Waals surface area contributed by atoms with Gasteiger partial charge in [-0.2, -0.15) is 5.10 Å². The molecule has 0 bridgehead atoms. The molecular weight excluding hydrogens is 472 g/mol. The van der Waals surface area contributed by atoms with Gasteiger partial charge in [-0.05, 0) is 31.0 Å². The molecule has 2 unspecified atom stereocenters. The summed E-state index contributed by atoms with van der Waals surface area (Å²) in [5, 5.41) is 7.34. The van der Waals surface area contributed by atoms with Gasteiger partial charge in [0, 0.05) is 23.6 Å². The van der Waals surface area contributed by atoms with Crippen molar-refractivity contribution in [3.05, 3.63) is 46.1 Å². The molecule has 0 radical (unpaired) electrons. The third kappa shape index (κ3) is 5.11. The Labute approximate surface area is 184 Å². The van der Waals surface area contributed by atoms with E-state index >= 15 is 0 Å². The van der Waals surface area contributed by atoms with Gasteiger partial charge in [-0.15, -0.1) is 0 Å². The predicted molar refractivity (Wildman–Crippen MR) is 117 cm³/mol. The maximum atomic E-state index is 12.7. The van der Waals surface area contributed by atoms with Gasteiger partial charge >= 0.3 is 0 Å². The van der Waals surface area contributed by atoms with Gasteiger partial charge in [0.05, 0.1) is 42.5 Å². The molecule has 4 rings (SSSR count). The molecule has 2 aliphatic rings. The number of sulfone groups is 1. The van der Waals surface area contributed by atoms with Gasteiger partial charge in [0.15, 0.2) is 9.84 Å². The van der Waals surface area contributed by atoms with E-state index in [9.17, 15) is 13.2 Å². The van der Waals surface area contributed by atoms with Crippen molar-refractivity contribution in [3.63, 3.8) is 0 Å². The van der Waals surface area contributed by atoms with Crippen LogP contribution < -0.4 is 5.32 Å². The van der Waals surface area contributed by atoms with Crippen molar-refractivity contribution in [2.75, 3.05) is 43.1 Å². The summed E-state index contributed by atoms with van der Waals surface area (Å²) in [5.41, 5.74) is 1.83. The summed E-state index contributed by atoms with van der Waals surface area (Å²) >= 11 is 3.44. The first-order valence-electron chi connectivity index (χ1n) is 9.95. The minimum absolute atomic E-state index is 0.0648. The Morgan fingerprint density at radius 3 is 2.80 bits per heavy atom. The highest BCUT2D eigenvalue weighted by Crippen LogP contribution is 2.27. The summed E-state index contributed by atoms with van der Waals surface area (Å²) in [6.07, 6.45) is 0.445. The number of aromatic nitrogens is 2. The summed E-state index contributed by atoms with van der Waals surface area (Å²) < 4.78 is 32.2. The van der Waals surface area contributed by atoms with Crippen LogP contribution in [0, 0.1) is 6.92 Å². The first-order chi connectivity index (χ1) is 14.3. The number of carbonyl (C=O) groups is 1. The van der Waals surface area contributed by atoms with Gasteiger partial charge in [-0.3, -0.25) is 9.69 Å². The molecule has 0 spiro atoms. The van der Waals surface area contributed by atoms with Crippen molar-refractivity contribution in [1.29, 1.82) is 0 Å². The monoisotopic (exact) mass is 496 g/mol. The number of carbonyl (C=O) groups excluding carboxylic acids is 1. The fraction of sp³-hybridized carbons (Fsp3) is 0.500. The highest BCUT2D eigenvalue weighted by Gasteiger charge is 2.31. The number of amides is 1. The van der Waals surface area contributed by atoms with Crippen LogP contribution in [0.15, 0.2) is 34.8 Å². The Kier molecular flexibility index (Phi) is 6.29. The van der Waals surface area contributed by atoms with E-state index in [1.54, 1.807) is 10.7 Å². The van der Waals surface area contributed by atoms with Gasteiger partial charge in [0.2, 0.25) is 5.91 Å². The summed E-state index contributed by atoms with van der Waals surface area (Å²) in [6, 6.07) is 9.56. The van der Waals surface area contributed by atoms with E-state index in [0.717, 1.165) is 15.7 Å². The lowest BCUT2D eigenvalue weighted by atomic mass is 10.1. The van der Waals surface area contributed by atoms with Gasteiger partial charge in [-0.25, -0.2) is 13.1 Å². The molecule has 2 saturated heterocycles. The molecule has 8 nitrogen and oxygen atoms in total. The normalized spacial score (nSPS) is 24.1. The number of nitrogens with zero attached hydrogens (tertiary/aromatic N) is 3. The fourth-order valence-corrected chi connectivity index (χ4v) is 5.92. The quantitative estimate of drug-likeness (QED) is 0.682. The molecule has 1 aromatic heterocycles. The summed E-state index contributed by atoms with van der Waals surface area (Å²) in [6.45, 7) is 3.95. The van der Waals surface area contributed by atoms with E-state index in [-0.39, 0.29) is 36.1 Å². The van der Waals surface area contributed by atoms with Crippen molar-refractivity contribution in [1.82, 2.24) is 14.7 Å². The van der Waals surface area contributed by atoms with Crippen LogP contribution in [0.5, 0.6) is 0 Å². The zero-order valence-corrected chi connectivity index (χ0v) is 19.2. The number of rotatable bonds is 5. The second-order valence-electron chi connectivity index (χ2n) is 7.87. The molecule has 162 valence electrons. The van der Waals surface area contributed by atoms with Crippen LogP contribution in [-0.4, -0.2) is 66.8 Å². The summed E-state index contributed by atoms with van der Waals surface area (Å²) in [4.78, 5) is 14.8. The van der Waals surface area contributed by atoms with Crippen LogP contribution in [-0.2, 0) is 19.4 Å². The lowest BCUT2D eigenvalue weighted by Crippen LogP contribution is -2.42. The predicted octanol–water partition coefficient (Wildman–Crippen LogP) is 2.33. The van der Waals surface area contributed by atoms with Crippen LogP contribution in [0.4, 0.5) is 5.82 Å². The third-order valence-corrected chi connectivity index (χ3v) is 7.72. The lowest BCUT2D eigenvalue weighted by molar-refractivity contribution is -0.119. The number of anilines is 1. The smallest absolute Gasteiger partial charge is 0.239 e. The minimum atomic E-state index is -3.04. The molecular formula is C20H25BrN4O4S. The summed E-state index contributed by atoms with van der Waals surface area (Å²) in [7, 11) is -3.04. The molecule has 2 atom stereocenters. The molecule has 2 aliphatic heterocycles. The number of hydrogen-bond acceptors (Lipinski definition) is 6. The third-order valence-electron chi connectivity index (χ3n) is 5.44. The molecule has 1 N–H and O–H groups in total. The average Bonchev–Trinajstić information content (AvgIpc) is 3.23. The average molecular weight is 497 g/mol. The van der Waals surface area contributed by atoms with Gasteiger partial charge in [-0.1, -0.05) is 28.1 Å². The topological polar surface area (TPSA) is 93.5 Å². The van der Waals surface area contributed by atoms with E-state index in [1.165, 1.54) is 0 Å². The van der Waals surface area contributed by atoms with Crippen molar-refractivity contribution < 1.29 is 17.9 Å². The van der Waals surface area contributed by atoms with E-state index in [4.69, 9.17) is 4.74 Å². The number of ether oxygens (including phenoxy) is 1. The molecule has 2 fully saturated rings. The van der Waals surface area contributed by atoms with E-state index in [2.05, 4.69) is 31.2 Å². The molecule has 1 aromatic carbocycles. The fourth-order valence-electron chi connectivity index (χ4n) is 3.97. The van der Waals surface area contributed by atoms with Crippen LogP contribution in [0.3, 0.4) is 0 Å². The largest absolute Gasteiger partial charge is 0.371 e. The first kappa shape index (κ1) is 21.5. The van der Waals surface area contributed by atoms with Crippen molar-refractivity contribution in [2.45, 2.75) is 25.5 Å². The standard InChI is InChI=1S/C20H25BrN4O4S/c1-14-10-19(25(23-14)17-6-9-30(27,28)13-17)22-20(26)12-24-7-8-29-18(11-24)15-2-4-16(21)5-3-15/h2-5,10,17-18H,6-9,11-13H2,1H3,(H,22,26). The molecule has 0 aliphatic carbocycles. The first-order valence-corrected chi connectivity index (χ1v) is 12.6. The number of aryl methyl sites for hydroxylation is 1. The van der Waals surface area contributed by atoms with Crippen LogP contribution in [0.1, 0.15) is 29.8 Å². The molecule has 30 heavy (non-hydrogen) atoms. The molecule has 10 heteroatoms. The molecule has 3 heterocycles. The Hall–Kier alpha value is -1.75. The number of benzene rings is 1. The van der Waals surface area contributed by atoms with Gasteiger partial charge < -0.3 is 10.1 Å². The van der Waals surface area contributed by atoms with E-state index < -0.39 is 9.84 Å². The second kappa shape index (κ2) is 8.78. The summed E-state index contributed by atoms with van der Waals surface area (Å²) in [5.74, 6) is 0.635. The molecule has 1 amide bonds. The van der Waals surface area contributed by atoms with Crippen molar-refractivity contribution in [2.24, 2.45) is 0 Å².